The van der Waals surface area contributed by atoms with Crippen LogP contribution in [-0.4, -0.2) is 42.9 Å². The topological polar surface area (TPSA) is 61.4 Å². The Labute approximate surface area is 113 Å². The van der Waals surface area contributed by atoms with E-state index in [0.29, 0.717) is 0 Å². The Morgan fingerprint density at radius 2 is 1.74 bits per heavy atom. The molecule has 2 rings (SSSR count). The van der Waals surface area contributed by atoms with Crippen molar-refractivity contribution in [2.75, 3.05) is 31.5 Å². The van der Waals surface area contributed by atoms with Gasteiger partial charge < -0.3 is 10.2 Å². The molecule has 1 aromatic rings. The van der Waals surface area contributed by atoms with Crippen LogP contribution in [0.5, 0.6) is 0 Å². The first-order valence-corrected chi connectivity index (χ1v) is 6.59. The van der Waals surface area contributed by atoms with Crippen LogP contribution < -0.4 is 10.6 Å². The first-order valence-electron chi connectivity index (χ1n) is 6.59. The molecule has 0 aromatic heterocycles. The lowest BCUT2D eigenvalue weighted by molar-refractivity contribution is -0.129. The molecular formula is C14H19N3O2. The molecular weight excluding hydrogens is 242 g/mol. The van der Waals surface area contributed by atoms with Crippen molar-refractivity contribution in [3.05, 3.63) is 30.3 Å². The van der Waals surface area contributed by atoms with Gasteiger partial charge in [0.2, 0.25) is 11.8 Å². The minimum Gasteiger partial charge on any atom is -0.342 e. The van der Waals surface area contributed by atoms with Crippen LogP contribution in [0.3, 0.4) is 0 Å². The highest BCUT2D eigenvalue weighted by molar-refractivity contribution is 5.92. The largest absolute Gasteiger partial charge is 0.342 e. The van der Waals surface area contributed by atoms with Crippen molar-refractivity contribution in [1.82, 2.24) is 10.2 Å². The van der Waals surface area contributed by atoms with E-state index < -0.39 is 0 Å². The Morgan fingerprint density at radius 1 is 1.05 bits per heavy atom. The molecule has 1 aliphatic rings. The number of hydrogen-bond acceptors (Lipinski definition) is 3. The quantitative estimate of drug-likeness (QED) is 0.825. The van der Waals surface area contributed by atoms with E-state index in [1.54, 1.807) is 0 Å². The molecule has 5 nitrogen and oxygen atoms in total. The van der Waals surface area contributed by atoms with Gasteiger partial charge in [0, 0.05) is 18.8 Å². The molecule has 0 unspecified atom stereocenters. The Balaban J connectivity index is 1.65. The summed E-state index contributed by atoms with van der Waals surface area (Å²) in [4.78, 5) is 25.2. The highest BCUT2D eigenvalue weighted by atomic mass is 16.2. The standard InChI is InChI=1S/C14H19N3O2/c18-13(16-12-6-2-1-3-7-12)10-15-11-14(19)17-8-4-5-9-17/h1-3,6-7,15H,4-5,8-11H2,(H,16,18). The number of nitrogens with zero attached hydrogens (tertiary/aromatic N) is 1. The number of anilines is 1. The second-order valence-corrected chi connectivity index (χ2v) is 4.61. The van der Waals surface area contributed by atoms with E-state index in [0.717, 1.165) is 31.6 Å². The Kier molecular flexibility index (Phi) is 4.92. The lowest BCUT2D eigenvalue weighted by atomic mass is 10.3. The summed E-state index contributed by atoms with van der Waals surface area (Å²) in [6.45, 7) is 2.06. The molecule has 1 saturated heterocycles. The Hall–Kier alpha value is -1.88. The smallest absolute Gasteiger partial charge is 0.238 e. The summed E-state index contributed by atoms with van der Waals surface area (Å²) in [5, 5.41) is 5.64. The first kappa shape index (κ1) is 13.5. The number of nitrogens with one attached hydrogen (secondary N) is 2. The normalized spacial score (nSPS) is 14.4. The fourth-order valence-corrected chi connectivity index (χ4v) is 2.09. The van der Waals surface area contributed by atoms with Gasteiger partial charge in [-0.05, 0) is 25.0 Å². The molecule has 19 heavy (non-hydrogen) atoms. The van der Waals surface area contributed by atoms with Gasteiger partial charge in [0.25, 0.3) is 0 Å². The second kappa shape index (κ2) is 6.89. The van der Waals surface area contributed by atoms with Crippen LogP contribution in [0.15, 0.2) is 30.3 Å². The van der Waals surface area contributed by atoms with E-state index >= 15 is 0 Å². The van der Waals surface area contributed by atoms with E-state index in [1.165, 1.54) is 0 Å². The molecule has 0 atom stereocenters. The molecule has 0 saturated carbocycles. The summed E-state index contributed by atoms with van der Waals surface area (Å²) in [5.41, 5.74) is 0.764. The summed E-state index contributed by atoms with van der Waals surface area (Å²) in [7, 11) is 0. The molecule has 1 aliphatic heterocycles. The Morgan fingerprint density at radius 3 is 2.42 bits per heavy atom. The molecule has 1 heterocycles. The zero-order chi connectivity index (χ0) is 13.5. The average molecular weight is 261 g/mol. The summed E-state index contributed by atoms with van der Waals surface area (Å²) >= 11 is 0. The number of likely N-dealkylation sites (tertiary alicyclic amines) is 1. The van der Waals surface area contributed by atoms with Crippen LogP contribution in [0.25, 0.3) is 0 Å². The van der Waals surface area contributed by atoms with Gasteiger partial charge in [-0.3, -0.25) is 14.9 Å². The van der Waals surface area contributed by atoms with Gasteiger partial charge in [0.05, 0.1) is 13.1 Å². The minimum absolute atomic E-state index is 0.0741. The van der Waals surface area contributed by atoms with E-state index in [4.69, 9.17) is 0 Å². The maximum absolute atomic E-state index is 11.7. The number of hydrogen-bond donors (Lipinski definition) is 2. The second-order valence-electron chi connectivity index (χ2n) is 4.61. The number of carbonyl (C=O) groups is 2. The van der Waals surface area contributed by atoms with Gasteiger partial charge >= 0.3 is 0 Å². The monoisotopic (exact) mass is 261 g/mol. The van der Waals surface area contributed by atoms with Gasteiger partial charge in [0.15, 0.2) is 0 Å². The SMILES string of the molecule is O=C(CNCC(=O)N1CCCC1)Nc1ccccc1. The predicted octanol–water partition coefficient (Wildman–Crippen LogP) is 0.837. The van der Waals surface area contributed by atoms with Crippen LogP contribution in [0.1, 0.15) is 12.8 Å². The molecule has 0 aliphatic carbocycles. The molecule has 0 spiro atoms. The maximum atomic E-state index is 11.7. The van der Waals surface area contributed by atoms with E-state index in [1.807, 2.05) is 35.2 Å². The van der Waals surface area contributed by atoms with Gasteiger partial charge in [-0.1, -0.05) is 18.2 Å². The van der Waals surface area contributed by atoms with Crippen LogP contribution >= 0.6 is 0 Å². The van der Waals surface area contributed by atoms with Crippen molar-refractivity contribution in [2.45, 2.75) is 12.8 Å². The highest BCUT2D eigenvalue weighted by Crippen LogP contribution is 2.06. The number of benzene rings is 1. The van der Waals surface area contributed by atoms with Crippen molar-refractivity contribution in [1.29, 1.82) is 0 Å². The summed E-state index contributed by atoms with van der Waals surface area (Å²) in [6, 6.07) is 9.27. The number of amides is 2. The highest BCUT2D eigenvalue weighted by Gasteiger charge is 2.17. The van der Waals surface area contributed by atoms with Crippen LogP contribution in [0.2, 0.25) is 0 Å². The van der Waals surface area contributed by atoms with Crippen molar-refractivity contribution in [3.63, 3.8) is 0 Å². The molecule has 5 heteroatoms. The van der Waals surface area contributed by atoms with Crippen LogP contribution in [0.4, 0.5) is 5.69 Å². The van der Waals surface area contributed by atoms with Crippen LogP contribution in [-0.2, 0) is 9.59 Å². The summed E-state index contributed by atoms with van der Waals surface area (Å²) in [6.07, 6.45) is 2.17. The van der Waals surface area contributed by atoms with Crippen molar-refractivity contribution >= 4 is 17.5 Å². The zero-order valence-corrected chi connectivity index (χ0v) is 10.9. The molecule has 2 N–H and O–H groups in total. The van der Waals surface area contributed by atoms with E-state index in [9.17, 15) is 9.59 Å². The molecule has 1 fully saturated rings. The van der Waals surface area contributed by atoms with Gasteiger partial charge in [-0.2, -0.15) is 0 Å². The Bertz CT molecular complexity index is 428. The van der Waals surface area contributed by atoms with E-state index in [2.05, 4.69) is 10.6 Å². The molecule has 2 amide bonds. The number of para-hydroxylation sites is 1. The van der Waals surface area contributed by atoms with Crippen molar-refractivity contribution in [3.8, 4) is 0 Å². The minimum atomic E-state index is -0.138. The summed E-state index contributed by atoms with van der Waals surface area (Å²) < 4.78 is 0. The van der Waals surface area contributed by atoms with Crippen molar-refractivity contribution < 1.29 is 9.59 Å². The van der Waals surface area contributed by atoms with E-state index in [-0.39, 0.29) is 24.9 Å². The molecule has 0 radical (unpaired) electrons. The maximum Gasteiger partial charge on any atom is 0.238 e. The molecule has 1 aromatic carbocycles. The summed E-state index contributed by atoms with van der Waals surface area (Å²) in [5.74, 6) is -0.0644. The van der Waals surface area contributed by atoms with Gasteiger partial charge in [0.1, 0.15) is 0 Å². The average Bonchev–Trinajstić information content (AvgIpc) is 2.93. The molecule has 0 bridgehead atoms. The number of rotatable bonds is 5. The predicted molar refractivity (Wildman–Crippen MR) is 73.8 cm³/mol. The zero-order valence-electron chi connectivity index (χ0n) is 10.9. The third-order valence-corrected chi connectivity index (χ3v) is 3.08. The first-order chi connectivity index (χ1) is 9.25. The van der Waals surface area contributed by atoms with Crippen molar-refractivity contribution in [2.24, 2.45) is 0 Å². The lowest BCUT2D eigenvalue weighted by Crippen LogP contribution is -2.39. The van der Waals surface area contributed by atoms with Gasteiger partial charge in [-0.15, -0.1) is 0 Å². The van der Waals surface area contributed by atoms with Gasteiger partial charge in [-0.25, -0.2) is 0 Å². The molecule has 102 valence electrons. The third-order valence-electron chi connectivity index (χ3n) is 3.08. The fraction of sp³-hybridized carbons (Fsp3) is 0.429. The van der Waals surface area contributed by atoms with Crippen LogP contribution in [0, 0.1) is 0 Å². The fourth-order valence-electron chi connectivity index (χ4n) is 2.09. The number of carbonyl (C=O) groups excluding carboxylic acids is 2. The third kappa shape index (κ3) is 4.37. The lowest BCUT2D eigenvalue weighted by Gasteiger charge is -2.15.